The fraction of sp³-hybridized carbons (Fsp3) is 0.625. The number of carbonyl (C=O) groups excluding carboxylic acids is 1. The second-order valence-electron chi connectivity index (χ2n) is 2.79. The maximum Gasteiger partial charge on any atom is 0.161 e. The summed E-state index contributed by atoms with van der Waals surface area (Å²) in [7, 11) is 0. The first-order valence-electron chi connectivity index (χ1n) is 3.54. The third kappa shape index (κ3) is 1.12. The van der Waals surface area contributed by atoms with Gasteiger partial charge in [-0.15, -0.1) is 0 Å². The molecule has 0 aromatic rings. The summed E-state index contributed by atoms with van der Waals surface area (Å²) in [6.45, 7) is 3.55. The number of allylic oxidation sites excluding steroid dienone is 1. The minimum Gasteiger partial charge on any atom is -0.389 e. The first kappa shape index (κ1) is 7.48. The molecule has 56 valence electrons. The number of aliphatic hydroxyl groups is 1. The Labute approximate surface area is 60.6 Å². The number of carbonyl (C=O) groups is 1. The molecule has 1 N–H and O–H groups in total. The lowest BCUT2D eigenvalue weighted by atomic mass is 10.1. The molecule has 10 heavy (non-hydrogen) atoms. The number of hydrogen-bond donors (Lipinski definition) is 1. The van der Waals surface area contributed by atoms with Gasteiger partial charge in [0.1, 0.15) is 0 Å². The fourth-order valence-electron chi connectivity index (χ4n) is 1.40. The van der Waals surface area contributed by atoms with Crippen LogP contribution in [0.25, 0.3) is 0 Å². The summed E-state index contributed by atoms with van der Waals surface area (Å²) >= 11 is 0. The second-order valence-corrected chi connectivity index (χ2v) is 2.79. The molecule has 0 amide bonds. The summed E-state index contributed by atoms with van der Waals surface area (Å²) in [5.74, 6) is 0.118. The van der Waals surface area contributed by atoms with Gasteiger partial charge in [-0.3, -0.25) is 4.79 Å². The van der Waals surface area contributed by atoms with Gasteiger partial charge in [0.05, 0.1) is 6.10 Å². The van der Waals surface area contributed by atoms with E-state index < -0.39 is 6.10 Å². The Balaban J connectivity index is 2.88. The van der Waals surface area contributed by atoms with Gasteiger partial charge in [-0.2, -0.15) is 0 Å². The van der Waals surface area contributed by atoms with Crippen LogP contribution in [0.15, 0.2) is 11.1 Å². The molecular weight excluding hydrogens is 128 g/mol. The standard InChI is InChI=1S/C8H12O2/c1-5-3-4-7(10)8(5)6(2)9/h6,9H,3-4H2,1-2H3. The zero-order valence-corrected chi connectivity index (χ0v) is 6.35. The average molecular weight is 140 g/mol. The lowest BCUT2D eigenvalue weighted by Crippen LogP contribution is -2.11. The summed E-state index contributed by atoms with van der Waals surface area (Å²) in [5.41, 5.74) is 1.69. The van der Waals surface area contributed by atoms with Crippen LogP contribution in [-0.4, -0.2) is 17.0 Å². The van der Waals surface area contributed by atoms with Crippen LogP contribution in [-0.2, 0) is 4.79 Å². The van der Waals surface area contributed by atoms with Crippen LogP contribution in [0.2, 0.25) is 0 Å². The Morgan fingerprint density at radius 2 is 2.10 bits per heavy atom. The molecule has 1 aliphatic carbocycles. The monoisotopic (exact) mass is 140 g/mol. The quantitative estimate of drug-likeness (QED) is 0.591. The van der Waals surface area contributed by atoms with Crippen molar-refractivity contribution < 1.29 is 9.90 Å². The van der Waals surface area contributed by atoms with E-state index in [1.54, 1.807) is 6.92 Å². The molecule has 0 aliphatic heterocycles. The molecule has 1 rings (SSSR count). The molecule has 0 heterocycles. The molecule has 0 saturated heterocycles. The fourth-order valence-corrected chi connectivity index (χ4v) is 1.40. The van der Waals surface area contributed by atoms with Gasteiger partial charge >= 0.3 is 0 Å². The van der Waals surface area contributed by atoms with E-state index in [1.807, 2.05) is 6.92 Å². The van der Waals surface area contributed by atoms with Crippen molar-refractivity contribution in [1.29, 1.82) is 0 Å². The summed E-state index contributed by atoms with van der Waals surface area (Å²) < 4.78 is 0. The van der Waals surface area contributed by atoms with Crippen LogP contribution in [0, 0.1) is 0 Å². The SMILES string of the molecule is CC1=C(C(C)O)C(=O)CC1. The van der Waals surface area contributed by atoms with Crippen LogP contribution in [0.3, 0.4) is 0 Å². The normalized spacial score (nSPS) is 22.1. The Morgan fingerprint density at radius 3 is 2.30 bits per heavy atom. The van der Waals surface area contributed by atoms with Gasteiger partial charge in [0, 0.05) is 12.0 Å². The first-order valence-corrected chi connectivity index (χ1v) is 3.54. The first-order chi connectivity index (χ1) is 4.63. The third-order valence-electron chi connectivity index (χ3n) is 1.91. The van der Waals surface area contributed by atoms with E-state index in [4.69, 9.17) is 5.11 Å². The average Bonchev–Trinajstić information content (AvgIpc) is 2.11. The van der Waals surface area contributed by atoms with Crippen molar-refractivity contribution in [3.63, 3.8) is 0 Å². The van der Waals surface area contributed by atoms with Crippen LogP contribution in [0.1, 0.15) is 26.7 Å². The maximum absolute atomic E-state index is 11.0. The number of Topliss-reactive ketones (excluding diaryl/α,β-unsaturated/α-hetero) is 1. The summed E-state index contributed by atoms with van der Waals surface area (Å²) in [6.07, 6.45) is 0.848. The largest absolute Gasteiger partial charge is 0.389 e. The molecule has 1 atom stereocenters. The van der Waals surface area contributed by atoms with Crippen molar-refractivity contribution in [3.05, 3.63) is 11.1 Å². The molecule has 1 unspecified atom stereocenters. The van der Waals surface area contributed by atoms with Gasteiger partial charge in [0.15, 0.2) is 5.78 Å². The van der Waals surface area contributed by atoms with Crippen molar-refractivity contribution in [2.45, 2.75) is 32.8 Å². The van der Waals surface area contributed by atoms with Gasteiger partial charge in [0.25, 0.3) is 0 Å². The molecule has 0 bridgehead atoms. The maximum atomic E-state index is 11.0. The molecule has 0 saturated carbocycles. The molecule has 0 aromatic carbocycles. The highest BCUT2D eigenvalue weighted by molar-refractivity contribution is 5.99. The van der Waals surface area contributed by atoms with Crippen molar-refractivity contribution in [2.24, 2.45) is 0 Å². The van der Waals surface area contributed by atoms with E-state index in [-0.39, 0.29) is 5.78 Å². The van der Waals surface area contributed by atoms with Crippen LogP contribution < -0.4 is 0 Å². The number of hydrogen-bond acceptors (Lipinski definition) is 2. The Kier molecular flexibility index (Phi) is 1.90. The zero-order chi connectivity index (χ0) is 7.72. The van der Waals surface area contributed by atoms with E-state index in [9.17, 15) is 4.79 Å². The molecule has 0 radical (unpaired) electrons. The Bertz CT molecular complexity index is 189. The van der Waals surface area contributed by atoms with Gasteiger partial charge < -0.3 is 5.11 Å². The molecule has 0 aromatic heterocycles. The summed E-state index contributed by atoms with van der Waals surface area (Å²) in [5, 5.41) is 9.11. The minimum absolute atomic E-state index is 0.118. The number of rotatable bonds is 1. The van der Waals surface area contributed by atoms with Crippen molar-refractivity contribution >= 4 is 5.78 Å². The molecule has 1 aliphatic rings. The van der Waals surface area contributed by atoms with Crippen LogP contribution in [0.4, 0.5) is 0 Å². The van der Waals surface area contributed by atoms with E-state index in [2.05, 4.69) is 0 Å². The minimum atomic E-state index is -0.574. The third-order valence-corrected chi connectivity index (χ3v) is 1.91. The predicted molar refractivity (Wildman–Crippen MR) is 38.6 cm³/mol. The van der Waals surface area contributed by atoms with Gasteiger partial charge in [0.2, 0.25) is 0 Å². The lowest BCUT2D eigenvalue weighted by Gasteiger charge is -2.04. The Hall–Kier alpha value is -0.630. The van der Waals surface area contributed by atoms with E-state index in [1.165, 1.54) is 0 Å². The second kappa shape index (κ2) is 2.54. The number of ketones is 1. The predicted octanol–water partition coefficient (Wildman–Crippen LogP) is 1.05. The van der Waals surface area contributed by atoms with Gasteiger partial charge in [-0.1, -0.05) is 5.57 Å². The molecule has 0 fully saturated rings. The van der Waals surface area contributed by atoms with E-state index in [0.29, 0.717) is 12.0 Å². The van der Waals surface area contributed by atoms with E-state index >= 15 is 0 Å². The topological polar surface area (TPSA) is 37.3 Å². The highest BCUT2D eigenvalue weighted by Crippen LogP contribution is 2.24. The molecule has 2 heteroatoms. The van der Waals surface area contributed by atoms with Crippen molar-refractivity contribution in [1.82, 2.24) is 0 Å². The van der Waals surface area contributed by atoms with Gasteiger partial charge in [-0.05, 0) is 20.3 Å². The van der Waals surface area contributed by atoms with E-state index in [0.717, 1.165) is 12.0 Å². The van der Waals surface area contributed by atoms with Crippen molar-refractivity contribution in [2.75, 3.05) is 0 Å². The summed E-state index contributed by atoms with van der Waals surface area (Å²) in [6, 6.07) is 0. The summed E-state index contributed by atoms with van der Waals surface area (Å²) in [4.78, 5) is 11.0. The van der Waals surface area contributed by atoms with Crippen molar-refractivity contribution in [3.8, 4) is 0 Å². The molecule has 0 spiro atoms. The smallest absolute Gasteiger partial charge is 0.161 e. The highest BCUT2D eigenvalue weighted by Gasteiger charge is 2.22. The molecular formula is C8H12O2. The lowest BCUT2D eigenvalue weighted by molar-refractivity contribution is -0.115. The number of aliphatic hydroxyl groups excluding tert-OH is 1. The Morgan fingerprint density at radius 1 is 1.50 bits per heavy atom. The highest BCUT2D eigenvalue weighted by atomic mass is 16.3. The molecule has 2 nitrogen and oxygen atoms in total. The van der Waals surface area contributed by atoms with Crippen LogP contribution >= 0.6 is 0 Å². The van der Waals surface area contributed by atoms with Crippen LogP contribution in [0.5, 0.6) is 0 Å². The zero-order valence-electron chi connectivity index (χ0n) is 6.35. The van der Waals surface area contributed by atoms with Gasteiger partial charge in [-0.25, -0.2) is 0 Å².